The Morgan fingerprint density at radius 2 is 2.19 bits per heavy atom. The van der Waals surface area contributed by atoms with Crippen LogP contribution >= 0.6 is 11.8 Å². The predicted molar refractivity (Wildman–Crippen MR) is 64.4 cm³/mol. The van der Waals surface area contributed by atoms with E-state index in [-0.39, 0.29) is 11.9 Å². The molecule has 1 aromatic rings. The van der Waals surface area contributed by atoms with E-state index >= 15 is 0 Å². The highest BCUT2D eigenvalue weighted by Gasteiger charge is 2.23. The van der Waals surface area contributed by atoms with E-state index in [9.17, 15) is 4.79 Å². The molecular formula is C12H14O3S. The molecule has 0 radical (unpaired) electrons. The largest absolute Gasteiger partial charge is 0.497 e. The Hall–Kier alpha value is -1.00. The molecule has 0 N–H and O–H groups in total. The summed E-state index contributed by atoms with van der Waals surface area (Å²) >= 11 is 1.76. The predicted octanol–water partition coefficient (Wildman–Crippen LogP) is 2.01. The molecule has 0 spiro atoms. The van der Waals surface area contributed by atoms with Gasteiger partial charge < -0.3 is 9.47 Å². The number of benzene rings is 1. The number of hydrogen-bond donors (Lipinski definition) is 0. The number of methoxy groups -OCH3 is 1. The van der Waals surface area contributed by atoms with Crippen LogP contribution in [0.2, 0.25) is 0 Å². The van der Waals surface area contributed by atoms with Gasteiger partial charge in [0, 0.05) is 17.1 Å². The minimum Gasteiger partial charge on any atom is -0.497 e. The summed E-state index contributed by atoms with van der Waals surface area (Å²) in [4.78, 5) is 12.0. The van der Waals surface area contributed by atoms with Crippen molar-refractivity contribution >= 4 is 17.5 Å². The summed E-state index contributed by atoms with van der Waals surface area (Å²) in [6.45, 7) is 0.664. The lowest BCUT2D eigenvalue weighted by atomic mass is 10.1. The van der Waals surface area contributed by atoms with Gasteiger partial charge in [0.25, 0.3) is 0 Å². The molecule has 2 rings (SSSR count). The van der Waals surface area contributed by atoms with Crippen LogP contribution in [0.15, 0.2) is 24.3 Å². The molecule has 86 valence electrons. The summed E-state index contributed by atoms with van der Waals surface area (Å²) in [5.41, 5.74) is 0.688. The molecule has 1 heterocycles. The number of Topliss-reactive ketones (excluding diaryl/α,β-unsaturated/α-hetero) is 1. The van der Waals surface area contributed by atoms with Crippen LogP contribution in [0.4, 0.5) is 0 Å². The first-order valence-corrected chi connectivity index (χ1v) is 6.34. The number of hydrogen-bond acceptors (Lipinski definition) is 4. The van der Waals surface area contributed by atoms with Gasteiger partial charge in [0.2, 0.25) is 0 Å². The minimum absolute atomic E-state index is 0.0647. The first-order valence-electron chi connectivity index (χ1n) is 5.19. The molecule has 0 aromatic heterocycles. The lowest BCUT2D eigenvalue weighted by Gasteiger charge is -2.21. The van der Waals surface area contributed by atoms with Gasteiger partial charge in [0.1, 0.15) is 11.9 Å². The second-order valence-electron chi connectivity index (χ2n) is 3.53. The second kappa shape index (κ2) is 5.37. The molecule has 1 atom stereocenters. The summed E-state index contributed by atoms with van der Waals surface area (Å²) in [6.07, 6.45) is -0.285. The smallest absolute Gasteiger partial charge is 0.192 e. The molecule has 1 fully saturated rings. The van der Waals surface area contributed by atoms with Crippen LogP contribution in [0, 0.1) is 0 Å². The summed E-state index contributed by atoms with van der Waals surface area (Å²) in [5, 5.41) is 0. The van der Waals surface area contributed by atoms with Crippen LogP contribution in [0.3, 0.4) is 0 Å². The Morgan fingerprint density at radius 1 is 1.44 bits per heavy atom. The van der Waals surface area contributed by atoms with E-state index in [0.29, 0.717) is 12.2 Å². The van der Waals surface area contributed by atoms with Crippen molar-refractivity contribution in [3.63, 3.8) is 0 Å². The zero-order valence-electron chi connectivity index (χ0n) is 9.14. The third-order valence-corrected chi connectivity index (χ3v) is 3.48. The summed E-state index contributed by atoms with van der Waals surface area (Å²) in [6, 6.07) is 7.15. The molecule has 0 bridgehead atoms. The fourth-order valence-electron chi connectivity index (χ4n) is 1.58. The van der Waals surface area contributed by atoms with Crippen molar-refractivity contribution in [2.75, 3.05) is 25.2 Å². The van der Waals surface area contributed by atoms with Crippen LogP contribution < -0.4 is 4.74 Å². The van der Waals surface area contributed by atoms with Gasteiger partial charge in [-0.25, -0.2) is 0 Å². The van der Waals surface area contributed by atoms with Crippen LogP contribution in [0.5, 0.6) is 5.75 Å². The Balaban J connectivity index is 2.07. The van der Waals surface area contributed by atoms with Crippen molar-refractivity contribution in [2.45, 2.75) is 6.10 Å². The van der Waals surface area contributed by atoms with Gasteiger partial charge in [-0.1, -0.05) is 0 Å². The maximum absolute atomic E-state index is 12.0. The first-order chi connectivity index (χ1) is 7.81. The molecule has 0 amide bonds. The van der Waals surface area contributed by atoms with Crippen molar-refractivity contribution in [3.8, 4) is 5.75 Å². The monoisotopic (exact) mass is 238 g/mol. The third-order valence-electron chi connectivity index (χ3n) is 2.48. The fourth-order valence-corrected chi connectivity index (χ4v) is 2.42. The fraction of sp³-hybridized carbons (Fsp3) is 0.417. The lowest BCUT2D eigenvalue weighted by molar-refractivity contribution is 0.0519. The minimum atomic E-state index is -0.285. The van der Waals surface area contributed by atoms with Gasteiger partial charge in [-0.2, -0.15) is 11.8 Å². The maximum atomic E-state index is 12.0. The average Bonchev–Trinajstić information content (AvgIpc) is 2.39. The van der Waals surface area contributed by atoms with Crippen molar-refractivity contribution in [1.82, 2.24) is 0 Å². The quantitative estimate of drug-likeness (QED) is 0.755. The second-order valence-corrected chi connectivity index (χ2v) is 4.68. The van der Waals surface area contributed by atoms with E-state index in [2.05, 4.69) is 0 Å². The van der Waals surface area contributed by atoms with Gasteiger partial charge in [0.05, 0.1) is 13.7 Å². The molecule has 0 aliphatic carbocycles. The lowest BCUT2D eigenvalue weighted by Crippen LogP contribution is -2.31. The number of thioether (sulfide) groups is 1. The van der Waals surface area contributed by atoms with E-state index in [0.717, 1.165) is 17.3 Å². The number of ketones is 1. The maximum Gasteiger partial charge on any atom is 0.192 e. The van der Waals surface area contributed by atoms with Gasteiger partial charge >= 0.3 is 0 Å². The van der Waals surface area contributed by atoms with E-state index in [1.807, 2.05) is 0 Å². The van der Waals surface area contributed by atoms with Crippen molar-refractivity contribution in [2.24, 2.45) is 0 Å². The van der Waals surface area contributed by atoms with Crippen LogP contribution in [-0.4, -0.2) is 37.1 Å². The third kappa shape index (κ3) is 2.57. The number of rotatable bonds is 3. The molecule has 4 heteroatoms. The Bertz CT molecular complexity index is 355. The molecule has 3 nitrogen and oxygen atoms in total. The highest BCUT2D eigenvalue weighted by Crippen LogP contribution is 2.18. The van der Waals surface area contributed by atoms with E-state index < -0.39 is 0 Å². The molecule has 16 heavy (non-hydrogen) atoms. The normalized spacial score (nSPS) is 20.4. The van der Waals surface area contributed by atoms with Gasteiger partial charge in [-0.05, 0) is 24.3 Å². The Kier molecular flexibility index (Phi) is 3.85. The van der Waals surface area contributed by atoms with Crippen LogP contribution in [0.1, 0.15) is 10.4 Å². The van der Waals surface area contributed by atoms with Crippen molar-refractivity contribution < 1.29 is 14.3 Å². The standard InChI is InChI=1S/C12H14O3S/c1-14-10-4-2-9(3-5-10)12(13)11-8-16-7-6-15-11/h2-5,11H,6-8H2,1H3. The summed E-state index contributed by atoms with van der Waals surface area (Å²) < 4.78 is 10.5. The van der Waals surface area contributed by atoms with Crippen molar-refractivity contribution in [1.29, 1.82) is 0 Å². The highest BCUT2D eigenvalue weighted by atomic mass is 32.2. The summed E-state index contributed by atoms with van der Waals surface area (Å²) in [7, 11) is 1.61. The Labute approximate surface area is 99.1 Å². The van der Waals surface area contributed by atoms with Crippen LogP contribution in [-0.2, 0) is 4.74 Å². The average molecular weight is 238 g/mol. The summed E-state index contributed by atoms with van der Waals surface area (Å²) in [5.74, 6) is 2.56. The van der Waals surface area contributed by atoms with E-state index in [1.54, 1.807) is 43.1 Å². The zero-order valence-corrected chi connectivity index (χ0v) is 9.96. The van der Waals surface area contributed by atoms with Crippen molar-refractivity contribution in [3.05, 3.63) is 29.8 Å². The van der Waals surface area contributed by atoms with Gasteiger partial charge in [-0.3, -0.25) is 4.79 Å². The topological polar surface area (TPSA) is 35.5 Å². The molecule has 1 aromatic carbocycles. The highest BCUT2D eigenvalue weighted by molar-refractivity contribution is 7.99. The van der Waals surface area contributed by atoms with Gasteiger partial charge in [-0.15, -0.1) is 0 Å². The molecular weight excluding hydrogens is 224 g/mol. The van der Waals surface area contributed by atoms with Gasteiger partial charge in [0.15, 0.2) is 5.78 Å². The number of ether oxygens (including phenoxy) is 2. The molecule has 1 aliphatic rings. The molecule has 1 unspecified atom stereocenters. The van der Waals surface area contributed by atoms with E-state index in [1.165, 1.54) is 0 Å². The first kappa shape index (κ1) is 11.5. The SMILES string of the molecule is COc1ccc(C(=O)C2CSCCO2)cc1. The number of carbonyl (C=O) groups excluding carboxylic acids is 1. The number of carbonyl (C=O) groups is 1. The van der Waals surface area contributed by atoms with E-state index in [4.69, 9.17) is 9.47 Å². The molecule has 1 aliphatic heterocycles. The molecule has 1 saturated heterocycles. The zero-order chi connectivity index (χ0) is 11.4. The molecule has 0 saturated carbocycles. The van der Waals surface area contributed by atoms with Crippen LogP contribution in [0.25, 0.3) is 0 Å². The Morgan fingerprint density at radius 3 is 2.75 bits per heavy atom.